The maximum absolute atomic E-state index is 13.7. The van der Waals surface area contributed by atoms with Crippen LogP contribution < -0.4 is 0 Å². The molecule has 0 aromatic rings. The molecule has 0 spiro atoms. The standard InChI is InChI=1S/C16H13F12O2P/c1-10(2,3)6-4-7-9-8(5-6)12(15(23,24)25,16(26,27)28)30-31(9)29-11(7,13(17,18)19)14(20,21)22/h4-5,7,9H,1-3H3. The third kappa shape index (κ3) is 3.07. The quantitative estimate of drug-likeness (QED) is 0.266. The minimum absolute atomic E-state index is 0.344. The van der Waals surface area contributed by atoms with Gasteiger partial charge < -0.3 is 9.05 Å². The highest BCUT2D eigenvalue weighted by atomic mass is 31.2. The van der Waals surface area contributed by atoms with E-state index in [2.05, 4.69) is 9.05 Å². The zero-order valence-electron chi connectivity index (χ0n) is 15.6. The lowest BCUT2D eigenvalue weighted by atomic mass is 9.69. The molecule has 3 rings (SSSR count). The summed E-state index contributed by atoms with van der Waals surface area (Å²) in [6.45, 7) is 3.66. The van der Waals surface area contributed by atoms with E-state index in [0.717, 1.165) is 0 Å². The lowest BCUT2D eigenvalue weighted by Gasteiger charge is -2.43. The summed E-state index contributed by atoms with van der Waals surface area (Å²) in [5.74, 6) is -2.93. The number of allylic oxidation sites excluding steroid dienone is 2. The van der Waals surface area contributed by atoms with Crippen molar-refractivity contribution in [2.45, 2.75) is 62.3 Å². The highest BCUT2D eigenvalue weighted by Gasteiger charge is 2.88. The minimum Gasteiger partial charge on any atom is -0.307 e. The molecule has 0 aromatic heterocycles. The summed E-state index contributed by atoms with van der Waals surface area (Å²) >= 11 is 0. The molecule has 0 bridgehead atoms. The van der Waals surface area contributed by atoms with Crippen LogP contribution in [0.1, 0.15) is 20.8 Å². The first-order valence-corrected chi connectivity index (χ1v) is 9.66. The van der Waals surface area contributed by atoms with E-state index < -0.39 is 72.4 Å². The van der Waals surface area contributed by atoms with E-state index in [-0.39, 0.29) is 0 Å². The normalized spacial score (nSPS) is 30.7. The van der Waals surface area contributed by atoms with E-state index in [1.807, 2.05) is 0 Å². The Morgan fingerprint density at radius 1 is 0.742 bits per heavy atom. The molecule has 0 saturated carbocycles. The van der Waals surface area contributed by atoms with Crippen LogP contribution >= 0.6 is 8.38 Å². The second-order valence-electron chi connectivity index (χ2n) is 8.32. The van der Waals surface area contributed by atoms with Crippen molar-refractivity contribution in [1.29, 1.82) is 0 Å². The molecule has 0 radical (unpaired) electrons. The number of hydrogen-bond donors (Lipinski definition) is 0. The van der Waals surface area contributed by atoms with E-state index in [0.29, 0.717) is 12.2 Å². The summed E-state index contributed by atoms with van der Waals surface area (Å²) in [5.41, 5.74) is -16.4. The van der Waals surface area contributed by atoms with Crippen molar-refractivity contribution in [3.05, 3.63) is 23.3 Å². The highest BCUT2D eigenvalue weighted by Crippen LogP contribution is 2.79. The molecule has 15 heteroatoms. The molecule has 2 fully saturated rings. The SMILES string of the molecule is CC(C)(C)C1=CC2C3C(=C1)C(C(F)(F)F)(C(F)(F)F)OP3OC2(C(F)(F)F)C(F)(F)F. The van der Waals surface area contributed by atoms with Gasteiger partial charge in [0.2, 0.25) is 0 Å². The zero-order valence-corrected chi connectivity index (χ0v) is 16.5. The molecule has 2 saturated heterocycles. The first kappa shape index (κ1) is 24.6. The van der Waals surface area contributed by atoms with Crippen molar-refractivity contribution >= 4 is 8.38 Å². The van der Waals surface area contributed by atoms with Gasteiger partial charge in [-0.3, -0.25) is 0 Å². The Balaban J connectivity index is 2.37. The zero-order chi connectivity index (χ0) is 24.2. The van der Waals surface area contributed by atoms with Crippen LogP contribution in [-0.4, -0.2) is 41.6 Å². The smallest absolute Gasteiger partial charge is 0.307 e. The Labute approximate surface area is 168 Å². The number of halogens is 12. The van der Waals surface area contributed by atoms with E-state index in [1.165, 1.54) is 20.8 Å². The summed E-state index contributed by atoms with van der Waals surface area (Å²) in [4.78, 5) is 0. The average Bonchev–Trinajstić information content (AvgIpc) is 3.01. The second-order valence-corrected chi connectivity index (χ2v) is 9.81. The largest absolute Gasteiger partial charge is 0.430 e. The molecule has 3 unspecified atom stereocenters. The molecule has 3 atom stereocenters. The third-order valence-corrected chi connectivity index (χ3v) is 7.37. The fourth-order valence-corrected chi connectivity index (χ4v) is 6.40. The number of alkyl halides is 12. The fourth-order valence-electron chi connectivity index (χ4n) is 3.90. The van der Waals surface area contributed by atoms with Crippen LogP contribution in [0.4, 0.5) is 52.7 Å². The monoisotopic (exact) mass is 496 g/mol. The fraction of sp³-hybridized carbons (Fsp3) is 0.750. The molecular formula is C16H13F12O2P. The van der Waals surface area contributed by atoms with Gasteiger partial charge >= 0.3 is 24.7 Å². The first-order valence-electron chi connectivity index (χ1n) is 8.41. The molecule has 3 aliphatic rings. The summed E-state index contributed by atoms with van der Waals surface area (Å²) in [6, 6.07) is 0. The molecule has 0 aromatic carbocycles. The van der Waals surface area contributed by atoms with Gasteiger partial charge in [-0.05, 0) is 16.6 Å². The summed E-state index contributed by atoms with van der Waals surface area (Å²) in [5, 5.41) is 0. The Morgan fingerprint density at radius 2 is 1.19 bits per heavy atom. The van der Waals surface area contributed by atoms with Crippen molar-refractivity contribution in [2.24, 2.45) is 11.3 Å². The van der Waals surface area contributed by atoms with Crippen molar-refractivity contribution in [2.75, 3.05) is 0 Å². The molecule has 1 aliphatic carbocycles. The van der Waals surface area contributed by atoms with E-state index in [4.69, 9.17) is 0 Å². The van der Waals surface area contributed by atoms with Crippen molar-refractivity contribution in [1.82, 2.24) is 0 Å². The predicted octanol–water partition coefficient (Wildman–Crippen LogP) is 6.98. The molecule has 0 amide bonds. The Kier molecular flexibility index (Phi) is 5.01. The lowest BCUT2D eigenvalue weighted by molar-refractivity contribution is -0.370. The van der Waals surface area contributed by atoms with Crippen LogP contribution in [0.2, 0.25) is 0 Å². The van der Waals surface area contributed by atoms with Gasteiger partial charge in [0.25, 0.3) is 11.2 Å². The van der Waals surface area contributed by atoms with Gasteiger partial charge in [-0.15, -0.1) is 0 Å². The first-order chi connectivity index (χ1) is 13.5. The van der Waals surface area contributed by atoms with Crippen LogP contribution in [0.25, 0.3) is 0 Å². The van der Waals surface area contributed by atoms with Crippen LogP contribution in [0.3, 0.4) is 0 Å². The average molecular weight is 496 g/mol. The minimum atomic E-state index is -6.23. The Morgan fingerprint density at radius 3 is 1.55 bits per heavy atom. The molecule has 2 nitrogen and oxygen atoms in total. The summed E-state index contributed by atoms with van der Waals surface area (Å²) < 4.78 is 172. The number of hydrogen-bond acceptors (Lipinski definition) is 2. The van der Waals surface area contributed by atoms with E-state index in [1.54, 1.807) is 0 Å². The molecule has 178 valence electrons. The van der Waals surface area contributed by atoms with Gasteiger partial charge in [0, 0.05) is 5.92 Å². The molecule has 31 heavy (non-hydrogen) atoms. The topological polar surface area (TPSA) is 18.5 Å². The highest BCUT2D eigenvalue weighted by molar-refractivity contribution is 7.49. The Bertz CT molecular complexity index is 796. The van der Waals surface area contributed by atoms with E-state index >= 15 is 0 Å². The van der Waals surface area contributed by atoms with Gasteiger partial charge in [0.05, 0.1) is 5.66 Å². The third-order valence-electron chi connectivity index (χ3n) is 5.40. The van der Waals surface area contributed by atoms with Crippen molar-refractivity contribution in [3.63, 3.8) is 0 Å². The summed E-state index contributed by atoms with van der Waals surface area (Å²) in [7, 11) is -3.91. The van der Waals surface area contributed by atoms with Crippen LogP contribution in [0.15, 0.2) is 23.3 Å². The molecule has 2 heterocycles. The maximum Gasteiger partial charge on any atom is 0.430 e. The van der Waals surface area contributed by atoms with Gasteiger partial charge in [-0.2, -0.15) is 52.7 Å². The van der Waals surface area contributed by atoms with Gasteiger partial charge in [0.1, 0.15) is 0 Å². The van der Waals surface area contributed by atoms with E-state index in [9.17, 15) is 52.7 Å². The van der Waals surface area contributed by atoms with Crippen LogP contribution in [-0.2, 0) is 9.05 Å². The van der Waals surface area contributed by atoms with Gasteiger partial charge in [-0.1, -0.05) is 32.9 Å². The second kappa shape index (κ2) is 6.31. The van der Waals surface area contributed by atoms with Crippen molar-refractivity contribution < 1.29 is 61.7 Å². The Hall–Kier alpha value is -1.01. The van der Waals surface area contributed by atoms with Crippen LogP contribution in [0.5, 0.6) is 0 Å². The van der Waals surface area contributed by atoms with Crippen LogP contribution in [0, 0.1) is 11.3 Å². The molecule has 0 N–H and O–H groups in total. The lowest BCUT2D eigenvalue weighted by Crippen LogP contribution is -2.64. The predicted molar refractivity (Wildman–Crippen MR) is 81.7 cm³/mol. The molecular weight excluding hydrogens is 483 g/mol. The van der Waals surface area contributed by atoms with Gasteiger partial charge in [0.15, 0.2) is 8.38 Å². The maximum atomic E-state index is 13.7. The van der Waals surface area contributed by atoms with Crippen molar-refractivity contribution in [3.8, 4) is 0 Å². The molecule has 2 aliphatic heterocycles. The number of rotatable bonds is 0. The van der Waals surface area contributed by atoms with Gasteiger partial charge in [-0.25, -0.2) is 0 Å². The summed E-state index contributed by atoms with van der Waals surface area (Å²) in [6.07, 6.45) is -24.1.